The van der Waals surface area contributed by atoms with Gasteiger partial charge in [-0.05, 0) is 31.0 Å². The van der Waals surface area contributed by atoms with Crippen LogP contribution in [-0.2, 0) is 9.47 Å². The van der Waals surface area contributed by atoms with E-state index in [-0.39, 0.29) is 17.5 Å². The van der Waals surface area contributed by atoms with Gasteiger partial charge in [0.1, 0.15) is 0 Å². The summed E-state index contributed by atoms with van der Waals surface area (Å²) in [7, 11) is 0. The van der Waals surface area contributed by atoms with Crippen LogP contribution in [-0.4, -0.2) is 25.3 Å². The number of halogens is 2. The predicted molar refractivity (Wildman–Crippen MR) is 84.1 cm³/mol. The molecule has 1 saturated heterocycles. The summed E-state index contributed by atoms with van der Waals surface area (Å²) in [5.74, 6) is 0.0211. The second-order valence-corrected chi connectivity index (χ2v) is 7.00. The van der Waals surface area contributed by atoms with Crippen LogP contribution < -0.4 is 0 Å². The van der Waals surface area contributed by atoms with Gasteiger partial charge < -0.3 is 9.47 Å². The highest BCUT2D eigenvalue weighted by Crippen LogP contribution is 2.26. The van der Waals surface area contributed by atoms with Crippen LogP contribution in [0.3, 0.4) is 0 Å². The van der Waals surface area contributed by atoms with Crippen molar-refractivity contribution in [2.24, 2.45) is 5.41 Å². The molecular weight excluding hydrogens is 311 g/mol. The van der Waals surface area contributed by atoms with Crippen LogP contribution >= 0.6 is 23.2 Å². The number of carbonyl (C=O) groups is 1. The molecule has 3 nitrogen and oxygen atoms in total. The van der Waals surface area contributed by atoms with Crippen molar-refractivity contribution >= 4 is 29.0 Å². The molecule has 0 N–H and O–H groups in total. The van der Waals surface area contributed by atoms with Gasteiger partial charge in [0.05, 0.1) is 18.2 Å². The summed E-state index contributed by atoms with van der Waals surface area (Å²) in [6.07, 6.45) is 1.65. The Morgan fingerprint density at radius 3 is 2.57 bits per heavy atom. The summed E-state index contributed by atoms with van der Waals surface area (Å²) in [6.45, 7) is 5.59. The normalized spacial score (nSPS) is 18.7. The molecule has 0 radical (unpaired) electrons. The van der Waals surface area contributed by atoms with E-state index in [1.54, 1.807) is 18.2 Å². The Labute approximate surface area is 135 Å². The molecule has 1 aliphatic rings. The summed E-state index contributed by atoms with van der Waals surface area (Å²) < 4.78 is 11.3. The second-order valence-electron chi connectivity index (χ2n) is 6.16. The molecule has 0 saturated carbocycles. The number of ketones is 1. The zero-order valence-corrected chi connectivity index (χ0v) is 13.8. The lowest BCUT2D eigenvalue weighted by Crippen LogP contribution is -2.37. The maximum atomic E-state index is 12.1. The van der Waals surface area contributed by atoms with E-state index in [0.29, 0.717) is 48.1 Å². The van der Waals surface area contributed by atoms with Crippen molar-refractivity contribution in [2.45, 2.75) is 39.4 Å². The fourth-order valence-corrected chi connectivity index (χ4v) is 2.69. The summed E-state index contributed by atoms with van der Waals surface area (Å²) in [4.78, 5) is 12.1. The zero-order chi connectivity index (χ0) is 15.5. The monoisotopic (exact) mass is 330 g/mol. The molecule has 21 heavy (non-hydrogen) atoms. The van der Waals surface area contributed by atoms with Crippen LogP contribution in [0.2, 0.25) is 10.0 Å². The lowest BCUT2D eigenvalue weighted by Gasteiger charge is -2.34. The molecule has 0 aliphatic carbocycles. The number of carbonyl (C=O) groups excluding carboxylic acids is 1. The first-order valence-corrected chi connectivity index (χ1v) is 7.84. The molecule has 2 rings (SSSR count). The van der Waals surface area contributed by atoms with E-state index >= 15 is 0 Å². The van der Waals surface area contributed by atoms with Crippen molar-refractivity contribution in [3.8, 4) is 0 Å². The number of ether oxygens (including phenoxy) is 2. The summed E-state index contributed by atoms with van der Waals surface area (Å²) in [5.41, 5.74) is 0.594. The SMILES string of the molecule is CC1(C)COC(CCCC(=O)c2ccc(Cl)cc2Cl)OC1. The van der Waals surface area contributed by atoms with Crippen LogP contribution in [0.25, 0.3) is 0 Å². The Bertz CT molecular complexity index is 504. The second kappa shape index (κ2) is 7.10. The summed E-state index contributed by atoms with van der Waals surface area (Å²) in [6, 6.07) is 4.94. The molecule has 1 aliphatic heterocycles. The number of rotatable bonds is 5. The van der Waals surface area contributed by atoms with Crippen molar-refractivity contribution < 1.29 is 14.3 Å². The molecule has 0 atom stereocenters. The lowest BCUT2D eigenvalue weighted by atomic mass is 9.95. The third-order valence-corrected chi connectivity index (χ3v) is 3.94. The van der Waals surface area contributed by atoms with Gasteiger partial charge in [0, 0.05) is 22.4 Å². The highest BCUT2D eigenvalue weighted by Gasteiger charge is 2.28. The molecule has 0 amide bonds. The van der Waals surface area contributed by atoms with E-state index in [4.69, 9.17) is 32.7 Å². The van der Waals surface area contributed by atoms with Crippen LogP contribution in [0.4, 0.5) is 0 Å². The van der Waals surface area contributed by atoms with Crippen molar-refractivity contribution in [3.05, 3.63) is 33.8 Å². The van der Waals surface area contributed by atoms with E-state index in [0.717, 1.165) is 0 Å². The fourth-order valence-electron chi connectivity index (χ4n) is 2.17. The topological polar surface area (TPSA) is 35.5 Å². The molecule has 0 bridgehead atoms. The third-order valence-electron chi connectivity index (χ3n) is 3.40. The van der Waals surface area contributed by atoms with Gasteiger partial charge >= 0.3 is 0 Å². The van der Waals surface area contributed by atoms with Crippen LogP contribution in [0.5, 0.6) is 0 Å². The van der Waals surface area contributed by atoms with E-state index in [9.17, 15) is 4.79 Å². The molecule has 1 aromatic rings. The average Bonchev–Trinajstić information content (AvgIpc) is 2.40. The highest BCUT2D eigenvalue weighted by atomic mass is 35.5. The first-order valence-electron chi connectivity index (χ1n) is 7.09. The Morgan fingerprint density at radius 2 is 1.95 bits per heavy atom. The Hall–Kier alpha value is -0.610. The standard InChI is InChI=1S/C16H20Cl2O3/c1-16(2)9-20-15(21-10-16)5-3-4-14(19)12-7-6-11(17)8-13(12)18/h6-8,15H,3-5,9-10H2,1-2H3. The van der Waals surface area contributed by atoms with Gasteiger partial charge in [-0.15, -0.1) is 0 Å². The summed E-state index contributed by atoms with van der Waals surface area (Å²) in [5, 5.41) is 0.933. The maximum Gasteiger partial charge on any atom is 0.164 e. The van der Waals surface area contributed by atoms with Crippen molar-refractivity contribution in [1.29, 1.82) is 0 Å². The predicted octanol–water partition coefficient (Wildman–Crippen LogP) is 4.75. The van der Waals surface area contributed by atoms with Gasteiger partial charge in [0.2, 0.25) is 0 Å². The number of benzene rings is 1. The molecule has 0 spiro atoms. The number of Topliss-reactive ketones (excluding diaryl/α,β-unsaturated/α-hetero) is 1. The van der Waals surface area contributed by atoms with E-state index in [2.05, 4.69) is 13.8 Å². The van der Waals surface area contributed by atoms with Crippen LogP contribution in [0.15, 0.2) is 18.2 Å². The van der Waals surface area contributed by atoms with Crippen molar-refractivity contribution in [3.63, 3.8) is 0 Å². The maximum absolute atomic E-state index is 12.1. The average molecular weight is 331 g/mol. The molecular formula is C16H20Cl2O3. The first kappa shape index (κ1) is 16.8. The first-order chi connectivity index (χ1) is 9.87. The number of hydrogen-bond donors (Lipinski definition) is 0. The molecule has 1 aromatic carbocycles. The van der Waals surface area contributed by atoms with Crippen molar-refractivity contribution in [2.75, 3.05) is 13.2 Å². The number of hydrogen-bond acceptors (Lipinski definition) is 3. The molecule has 0 aromatic heterocycles. The van der Waals surface area contributed by atoms with Gasteiger partial charge in [-0.2, -0.15) is 0 Å². The Balaban J connectivity index is 1.77. The van der Waals surface area contributed by atoms with Crippen molar-refractivity contribution in [1.82, 2.24) is 0 Å². The van der Waals surface area contributed by atoms with Crippen LogP contribution in [0.1, 0.15) is 43.5 Å². The zero-order valence-electron chi connectivity index (χ0n) is 12.3. The fraction of sp³-hybridized carbons (Fsp3) is 0.562. The van der Waals surface area contributed by atoms with E-state index in [1.807, 2.05) is 0 Å². The highest BCUT2D eigenvalue weighted by molar-refractivity contribution is 6.36. The Kier molecular flexibility index (Phi) is 5.67. The molecule has 1 fully saturated rings. The minimum atomic E-state index is -0.202. The van der Waals surface area contributed by atoms with Gasteiger partial charge in [0.25, 0.3) is 0 Å². The van der Waals surface area contributed by atoms with Gasteiger partial charge in [-0.3, -0.25) is 4.79 Å². The molecule has 5 heteroatoms. The van der Waals surface area contributed by atoms with Gasteiger partial charge in [-0.25, -0.2) is 0 Å². The lowest BCUT2D eigenvalue weighted by molar-refractivity contribution is -0.223. The Morgan fingerprint density at radius 1 is 1.29 bits per heavy atom. The molecule has 0 unspecified atom stereocenters. The largest absolute Gasteiger partial charge is 0.352 e. The minimum absolute atomic E-state index is 0.0211. The van der Waals surface area contributed by atoms with Gasteiger partial charge in [-0.1, -0.05) is 37.0 Å². The quantitative estimate of drug-likeness (QED) is 0.731. The van der Waals surface area contributed by atoms with Crippen LogP contribution in [0, 0.1) is 5.41 Å². The summed E-state index contributed by atoms with van der Waals surface area (Å²) >= 11 is 11.9. The smallest absolute Gasteiger partial charge is 0.164 e. The van der Waals surface area contributed by atoms with E-state index in [1.165, 1.54) is 0 Å². The molecule has 116 valence electrons. The minimum Gasteiger partial charge on any atom is -0.352 e. The van der Waals surface area contributed by atoms with E-state index < -0.39 is 0 Å². The van der Waals surface area contributed by atoms with Gasteiger partial charge in [0.15, 0.2) is 12.1 Å². The molecule has 1 heterocycles. The third kappa shape index (κ3) is 4.96.